The molecule has 0 radical (unpaired) electrons. The zero-order chi connectivity index (χ0) is 18.4. The van der Waals surface area contributed by atoms with Crippen molar-refractivity contribution in [2.75, 3.05) is 32.7 Å². The lowest BCUT2D eigenvalue weighted by Crippen LogP contribution is -2.51. The van der Waals surface area contributed by atoms with Gasteiger partial charge in [0.1, 0.15) is 5.82 Å². The predicted octanol–water partition coefficient (Wildman–Crippen LogP) is 3.55. The summed E-state index contributed by atoms with van der Waals surface area (Å²) in [5, 5.41) is 3.69. The van der Waals surface area contributed by atoms with Crippen LogP contribution in [0.4, 0.5) is 9.18 Å². The number of rotatable bonds is 5. The Morgan fingerprint density at radius 1 is 0.962 bits per heavy atom. The number of halogens is 2. The highest BCUT2D eigenvalue weighted by molar-refractivity contribution is 6.30. The normalized spacial score (nSPS) is 15.1. The molecule has 2 aromatic rings. The molecular formula is C20H23ClFN3O. The van der Waals surface area contributed by atoms with Crippen LogP contribution in [0.3, 0.4) is 0 Å². The highest BCUT2D eigenvalue weighted by atomic mass is 35.5. The third-order valence-electron chi connectivity index (χ3n) is 4.58. The van der Waals surface area contributed by atoms with E-state index in [1.807, 2.05) is 29.2 Å². The average Bonchev–Trinajstić information content (AvgIpc) is 2.66. The van der Waals surface area contributed by atoms with Crippen molar-refractivity contribution < 1.29 is 9.18 Å². The van der Waals surface area contributed by atoms with Crippen LogP contribution in [-0.2, 0) is 13.0 Å². The molecule has 0 spiro atoms. The summed E-state index contributed by atoms with van der Waals surface area (Å²) in [6, 6.07) is 14.2. The molecule has 6 heteroatoms. The van der Waals surface area contributed by atoms with Crippen LogP contribution < -0.4 is 5.32 Å². The topological polar surface area (TPSA) is 35.6 Å². The van der Waals surface area contributed by atoms with Crippen molar-refractivity contribution in [1.29, 1.82) is 0 Å². The first kappa shape index (κ1) is 18.7. The first-order chi connectivity index (χ1) is 12.6. The number of piperazine rings is 1. The molecule has 1 heterocycles. The monoisotopic (exact) mass is 375 g/mol. The fraction of sp³-hybridized carbons (Fsp3) is 0.350. The Labute approximate surface area is 158 Å². The molecule has 3 rings (SSSR count). The molecule has 2 aromatic carbocycles. The number of nitrogens with one attached hydrogen (secondary N) is 1. The third-order valence-corrected chi connectivity index (χ3v) is 4.83. The summed E-state index contributed by atoms with van der Waals surface area (Å²) in [7, 11) is 0. The number of nitrogens with zero attached hydrogens (tertiary/aromatic N) is 2. The van der Waals surface area contributed by atoms with Gasteiger partial charge in [-0.25, -0.2) is 9.18 Å². The lowest BCUT2D eigenvalue weighted by molar-refractivity contribution is 0.135. The summed E-state index contributed by atoms with van der Waals surface area (Å²) < 4.78 is 12.9. The maximum absolute atomic E-state index is 12.9. The van der Waals surface area contributed by atoms with Gasteiger partial charge in [-0.3, -0.25) is 4.90 Å². The summed E-state index contributed by atoms with van der Waals surface area (Å²) in [6.07, 6.45) is 0.697. The van der Waals surface area contributed by atoms with E-state index >= 15 is 0 Å². The van der Waals surface area contributed by atoms with E-state index in [2.05, 4.69) is 10.2 Å². The quantitative estimate of drug-likeness (QED) is 0.867. The summed E-state index contributed by atoms with van der Waals surface area (Å²) in [5.41, 5.74) is 2.24. The molecule has 1 aliphatic heterocycles. The Kier molecular flexibility index (Phi) is 6.47. The van der Waals surface area contributed by atoms with Crippen molar-refractivity contribution in [1.82, 2.24) is 15.1 Å². The molecule has 0 unspecified atom stereocenters. The predicted molar refractivity (Wildman–Crippen MR) is 102 cm³/mol. The Morgan fingerprint density at radius 2 is 1.58 bits per heavy atom. The molecule has 1 saturated heterocycles. The van der Waals surface area contributed by atoms with Crippen molar-refractivity contribution in [3.63, 3.8) is 0 Å². The molecule has 138 valence electrons. The van der Waals surface area contributed by atoms with Crippen LogP contribution in [0.2, 0.25) is 5.02 Å². The van der Waals surface area contributed by atoms with Gasteiger partial charge in [0.05, 0.1) is 0 Å². The number of urea groups is 1. The summed E-state index contributed by atoms with van der Waals surface area (Å²) in [4.78, 5) is 16.5. The molecule has 0 aromatic heterocycles. The van der Waals surface area contributed by atoms with Crippen molar-refractivity contribution in [3.05, 3.63) is 70.5 Å². The number of carbonyl (C=O) groups excluding carboxylic acids is 1. The maximum atomic E-state index is 12.9. The molecule has 0 aliphatic carbocycles. The van der Waals surface area contributed by atoms with Gasteiger partial charge >= 0.3 is 6.03 Å². The Balaban J connectivity index is 1.37. The lowest BCUT2D eigenvalue weighted by Gasteiger charge is -2.34. The summed E-state index contributed by atoms with van der Waals surface area (Å²) in [5.74, 6) is -0.241. The van der Waals surface area contributed by atoms with Gasteiger partial charge in [0.2, 0.25) is 0 Å². The second kappa shape index (κ2) is 9.01. The molecular weight excluding hydrogens is 353 g/mol. The van der Waals surface area contributed by atoms with Crippen LogP contribution >= 0.6 is 11.6 Å². The van der Waals surface area contributed by atoms with Crippen LogP contribution in [0.1, 0.15) is 11.1 Å². The van der Waals surface area contributed by atoms with E-state index in [0.29, 0.717) is 13.0 Å². The van der Waals surface area contributed by atoms with Crippen LogP contribution in [-0.4, -0.2) is 48.6 Å². The zero-order valence-corrected chi connectivity index (χ0v) is 15.4. The Bertz CT molecular complexity index is 713. The van der Waals surface area contributed by atoms with Gasteiger partial charge in [-0.05, 0) is 41.8 Å². The SMILES string of the molecule is O=C(NCCc1ccc(F)cc1)N1CCN(Cc2ccc(Cl)cc2)CC1. The third kappa shape index (κ3) is 5.44. The van der Waals surface area contributed by atoms with Crippen LogP contribution in [0.5, 0.6) is 0 Å². The van der Waals surface area contributed by atoms with Gasteiger partial charge in [0.15, 0.2) is 0 Å². The second-order valence-electron chi connectivity index (χ2n) is 6.50. The fourth-order valence-electron chi connectivity index (χ4n) is 3.03. The van der Waals surface area contributed by atoms with Crippen molar-refractivity contribution in [2.45, 2.75) is 13.0 Å². The van der Waals surface area contributed by atoms with Gasteiger partial charge < -0.3 is 10.2 Å². The minimum absolute atomic E-state index is 0.0294. The molecule has 0 saturated carbocycles. The number of amides is 2. The largest absolute Gasteiger partial charge is 0.338 e. The van der Waals surface area contributed by atoms with E-state index in [1.54, 1.807) is 12.1 Å². The first-order valence-electron chi connectivity index (χ1n) is 8.84. The minimum Gasteiger partial charge on any atom is -0.338 e. The molecule has 1 aliphatic rings. The van der Waals surface area contributed by atoms with Crippen LogP contribution in [0.15, 0.2) is 48.5 Å². The second-order valence-corrected chi connectivity index (χ2v) is 6.93. The van der Waals surface area contributed by atoms with Crippen molar-refractivity contribution >= 4 is 17.6 Å². The highest BCUT2D eigenvalue weighted by Crippen LogP contribution is 2.13. The number of hydrogen-bond acceptors (Lipinski definition) is 2. The van der Waals surface area contributed by atoms with E-state index in [9.17, 15) is 9.18 Å². The van der Waals surface area contributed by atoms with Crippen molar-refractivity contribution in [3.8, 4) is 0 Å². The highest BCUT2D eigenvalue weighted by Gasteiger charge is 2.20. The number of benzene rings is 2. The van der Waals surface area contributed by atoms with Crippen LogP contribution in [0, 0.1) is 5.82 Å². The minimum atomic E-state index is -0.241. The van der Waals surface area contributed by atoms with E-state index in [4.69, 9.17) is 11.6 Å². The average molecular weight is 376 g/mol. The van der Waals surface area contributed by atoms with Crippen molar-refractivity contribution in [2.24, 2.45) is 0 Å². The molecule has 0 bridgehead atoms. The molecule has 1 fully saturated rings. The van der Waals surface area contributed by atoms with E-state index in [0.717, 1.165) is 43.3 Å². The van der Waals surface area contributed by atoms with E-state index < -0.39 is 0 Å². The standard InChI is InChI=1S/C20H23ClFN3O/c21-18-5-1-17(2-6-18)15-24-11-13-25(14-12-24)20(26)23-10-9-16-3-7-19(22)8-4-16/h1-8H,9-15H2,(H,23,26). The number of hydrogen-bond donors (Lipinski definition) is 1. The van der Waals surface area contributed by atoms with Crippen LogP contribution in [0.25, 0.3) is 0 Å². The lowest BCUT2D eigenvalue weighted by atomic mass is 10.1. The first-order valence-corrected chi connectivity index (χ1v) is 9.22. The Hall–Kier alpha value is -2.11. The van der Waals surface area contributed by atoms with Gasteiger partial charge in [-0.2, -0.15) is 0 Å². The molecule has 26 heavy (non-hydrogen) atoms. The Morgan fingerprint density at radius 3 is 2.23 bits per heavy atom. The maximum Gasteiger partial charge on any atom is 0.317 e. The summed E-state index contributed by atoms with van der Waals surface area (Å²) in [6.45, 7) is 4.57. The van der Waals surface area contributed by atoms with Gasteiger partial charge in [0.25, 0.3) is 0 Å². The van der Waals surface area contributed by atoms with Gasteiger partial charge in [-0.15, -0.1) is 0 Å². The van der Waals surface area contributed by atoms with E-state index in [-0.39, 0.29) is 11.8 Å². The summed E-state index contributed by atoms with van der Waals surface area (Å²) >= 11 is 5.91. The molecule has 1 N–H and O–H groups in total. The van der Waals surface area contributed by atoms with Gasteiger partial charge in [-0.1, -0.05) is 35.9 Å². The van der Waals surface area contributed by atoms with E-state index in [1.165, 1.54) is 17.7 Å². The smallest absolute Gasteiger partial charge is 0.317 e. The fourth-order valence-corrected chi connectivity index (χ4v) is 3.16. The number of carbonyl (C=O) groups is 1. The molecule has 2 amide bonds. The zero-order valence-electron chi connectivity index (χ0n) is 14.6. The molecule has 4 nitrogen and oxygen atoms in total. The molecule has 0 atom stereocenters. The van der Waals surface area contributed by atoms with Gasteiger partial charge in [0, 0.05) is 44.3 Å².